The third-order valence-corrected chi connectivity index (χ3v) is 10.4. The van der Waals surface area contributed by atoms with Gasteiger partial charge >= 0.3 is 13.1 Å². The summed E-state index contributed by atoms with van der Waals surface area (Å²) in [6, 6.07) is -0.978. The van der Waals surface area contributed by atoms with Crippen LogP contribution in [0.25, 0.3) is 0 Å². The van der Waals surface area contributed by atoms with Crippen LogP contribution < -0.4 is 16.0 Å². The first-order chi connectivity index (χ1) is 21.3. The minimum atomic E-state index is -0.978. The van der Waals surface area contributed by atoms with Gasteiger partial charge in [0.15, 0.2) is 0 Å². The molecule has 1 saturated heterocycles. The Kier molecular flexibility index (Phi) is 14.2. The molecule has 11 heteroatoms. The molecule has 4 fully saturated rings. The van der Waals surface area contributed by atoms with Crippen LogP contribution in [0.15, 0.2) is 0 Å². The van der Waals surface area contributed by atoms with Gasteiger partial charge < -0.3 is 30.0 Å². The SMILES string of the molecule is CCCCCCCCCC(=O)N[C@@H](CNC(=O)CCC(=O)OCC)C(=O)N[C@@H](CC(C)C)B1O[C@@H]2C[C@@H]3C[C@@H](C3(C)C)[C@]2(C)O1. The zero-order valence-corrected chi connectivity index (χ0v) is 29.0. The van der Waals surface area contributed by atoms with Crippen LogP contribution >= 0.6 is 0 Å². The molecule has 3 saturated carbocycles. The number of hydrogen-bond donors (Lipinski definition) is 3. The average Bonchev–Trinajstić information content (AvgIpc) is 3.34. The number of ether oxygens (including phenoxy) is 1. The second-order valence-corrected chi connectivity index (χ2v) is 14.7. The van der Waals surface area contributed by atoms with Crippen molar-refractivity contribution in [1.29, 1.82) is 0 Å². The fraction of sp³-hybridized carbons (Fsp3) is 0.882. The third-order valence-electron chi connectivity index (χ3n) is 10.4. The zero-order chi connectivity index (χ0) is 33.2. The highest BCUT2D eigenvalue weighted by Gasteiger charge is 2.68. The highest BCUT2D eigenvalue weighted by atomic mass is 16.7. The highest BCUT2D eigenvalue weighted by Crippen LogP contribution is 2.65. The van der Waals surface area contributed by atoms with Gasteiger partial charge in [0.05, 0.1) is 30.7 Å². The predicted molar refractivity (Wildman–Crippen MR) is 175 cm³/mol. The van der Waals surface area contributed by atoms with Crippen molar-refractivity contribution in [2.24, 2.45) is 23.2 Å². The summed E-state index contributed by atoms with van der Waals surface area (Å²) in [7, 11) is -0.593. The molecule has 0 aromatic heterocycles. The zero-order valence-electron chi connectivity index (χ0n) is 29.0. The number of hydrogen-bond acceptors (Lipinski definition) is 7. The molecular weight excluding hydrogens is 573 g/mol. The Bertz CT molecular complexity index is 1010. The normalized spacial score (nSPS) is 26.0. The van der Waals surface area contributed by atoms with Gasteiger partial charge in [-0.15, -0.1) is 0 Å². The molecule has 45 heavy (non-hydrogen) atoms. The summed E-state index contributed by atoms with van der Waals surface area (Å²) in [5.74, 6) is -0.592. The molecule has 0 aromatic rings. The summed E-state index contributed by atoms with van der Waals surface area (Å²) >= 11 is 0. The van der Waals surface area contributed by atoms with Crippen molar-refractivity contribution >= 4 is 30.8 Å². The Hall–Kier alpha value is -2.14. The van der Waals surface area contributed by atoms with E-state index < -0.39 is 36.6 Å². The van der Waals surface area contributed by atoms with E-state index in [9.17, 15) is 19.2 Å². The number of rotatable bonds is 20. The number of unbranched alkanes of at least 4 members (excludes halogenated alkanes) is 6. The lowest BCUT2D eigenvalue weighted by Crippen LogP contribution is -2.65. The van der Waals surface area contributed by atoms with Crippen LogP contribution in [-0.4, -0.2) is 67.6 Å². The lowest BCUT2D eigenvalue weighted by atomic mass is 9.43. The van der Waals surface area contributed by atoms with Crippen molar-refractivity contribution in [3.63, 3.8) is 0 Å². The Morgan fingerprint density at radius 2 is 1.58 bits per heavy atom. The minimum absolute atomic E-state index is 0.0120. The smallest absolute Gasteiger partial charge is 0.466 e. The maximum atomic E-state index is 13.8. The monoisotopic (exact) mass is 633 g/mol. The van der Waals surface area contributed by atoms with E-state index in [0.717, 1.165) is 32.1 Å². The predicted octanol–water partition coefficient (Wildman–Crippen LogP) is 4.87. The lowest BCUT2D eigenvalue weighted by molar-refractivity contribution is -0.199. The quantitative estimate of drug-likeness (QED) is 0.0991. The number of carbonyl (C=O) groups is 4. The Balaban J connectivity index is 1.63. The molecule has 2 bridgehead atoms. The molecule has 3 aliphatic carbocycles. The molecule has 10 nitrogen and oxygen atoms in total. The van der Waals surface area contributed by atoms with Crippen LogP contribution in [-0.2, 0) is 33.2 Å². The fourth-order valence-corrected chi connectivity index (χ4v) is 7.57. The first-order valence-corrected chi connectivity index (χ1v) is 17.7. The molecule has 4 aliphatic rings. The van der Waals surface area contributed by atoms with Crippen molar-refractivity contribution in [3.8, 4) is 0 Å². The molecule has 1 heterocycles. The molecule has 0 radical (unpaired) electrons. The van der Waals surface area contributed by atoms with Crippen LogP contribution in [0, 0.1) is 23.2 Å². The van der Waals surface area contributed by atoms with Gasteiger partial charge in [0.2, 0.25) is 17.7 Å². The molecule has 0 spiro atoms. The van der Waals surface area contributed by atoms with Gasteiger partial charge in [0.25, 0.3) is 0 Å². The molecule has 1 aliphatic heterocycles. The number of esters is 1. The summed E-state index contributed by atoms with van der Waals surface area (Å²) in [6.45, 7) is 15.0. The summed E-state index contributed by atoms with van der Waals surface area (Å²) in [6.07, 6.45) is 10.5. The molecule has 6 atom stereocenters. The molecular formula is C34H60BN3O7. The molecule has 256 valence electrons. The van der Waals surface area contributed by atoms with E-state index in [0.29, 0.717) is 24.7 Å². The number of nitrogens with one attached hydrogen (secondary N) is 3. The van der Waals surface area contributed by atoms with Crippen LogP contribution in [0.3, 0.4) is 0 Å². The van der Waals surface area contributed by atoms with E-state index in [-0.39, 0.29) is 55.2 Å². The van der Waals surface area contributed by atoms with Crippen molar-refractivity contribution in [3.05, 3.63) is 0 Å². The minimum Gasteiger partial charge on any atom is -0.466 e. The van der Waals surface area contributed by atoms with E-state index in [1.54, 1.807) is 6.92 Å². The van der Waals surface area contributed by atoms with Gasteiger partial charge in [0.1, 0.15) is 6.04 Å². The summed E-state index contributed by atoms with van der Waals surface area (Å²) in [5, 5.41) is 8.72. The average molecular weight is 634 g/mol. The second-order valence-electron chi connectivity index (χ2n) is 14.7. The van der Waals surface area contributed by atoms with E-state index >= 15 is 0 Å². The Morgan fingerprint density at radius 3 is 2.22 bits per heavy atom. The second kappa shape index (κ2) is 17.1. The summed E-state index contributed by atoms with van der Waals surface area (Å²) in [4.78, 5) is 50.9. The van der Waals surface area contributed by atoms with Crippen molar-refractivity contribution < 1.29 is 33.2 Å². The largest absolute Gasteiger partial charge is 0.481 e. The van der Waals surface area contributed by atoms with E-state index in [2.05, 4.69) is 57.5 Å². The van der Waals surface area contributed by atoms with Crippen molar-refractivity contribution in [2.45, 2.75) is 156 Å². The Morgan fingerprint density at radius 1 is 0.889 bits per heavy atom. The van der Waals surface area contributed by atoms with Crippen LogP contribution in [0.4, 0.5) is 0 Å². The lowest BCUT2D eigenvalue weighted by Gasteiger charge is -2.64. The van der Waals surface area contributed by atoms with Crippen LogP contribution in [0.2, 0.25) is 0 Å². The maximum absolute atomic E-state index is 13.8. The van der Waals surface area contributed by atoms with Gasteiger partial charge in [-0.2, -0.15) is 0 Å². The molecule has 0 aromatic carbocycles. The number of amides is 3. The summed E-state index contributed by atoms with van der Waals surface area (Å²) < 4.78 is 18.1. The van der Waals surface area contributed by atoms with Gasteiger partial charge in [-0.1, -0.05) is 73.1 Å². The van der Waals surface area contributed by atoms with E-state index in [1.807, 2.05) is 0 Å². The molecule has 3 N–H and O–H groups in total. The fourth-order valence-electron chi connectivity index (χ4n) is 7.57. The molecule has 0 unspecified atom stereocenters. The van der Waals surface area contributed by atoms with E-state index in [1.165, 1.54) is 25.7 Å². The highest BCUT2D eigenvalue weighted by molar-refractivity contribution is 6.48. The van der Waals surface area contributed by atoms with Gasteiger partial charge in [-0.05, 0) is 62.7 Å². The van der Waals surface area contributed by atoms with Crippen LogP contribution in [0.5, 0.6) is 0 Å². The van der Waals surface area contributed by atoms with Gasteiger partial charge in [0, 0.05) is 19.4 Å². The molecule has 4 rings (SSSR count). The third kappa shape index (κ3) is 10.2. The van der Waals surface area contributed by atoms with Crippen molar-refractivity contribution in [2.75, 3.05) is 13.2 Å². The van der Waals surface area contributed by atoms with Gasteiger partial charge in [-0.3, -0.25) is 19.2 Å². The first-order valence-electron chi connectivity index (χ1n) is 17.7. The topological polar surface area (TPSA) is 132 Å². The molecule has 3 amide bonds. The standard InChI is InChI=1S/C34H60BN3O7/c1-8-10-11-12-13-14-15-16-30(40)37-25(22-36-29(39)17-18-31(41)43-9-2)32(42)38-28(19-23(3)4)35-44-27-21-24-20-26(33(24,5)6)34(27,7)45-35/h23-28H,8-22H2,1-7H3,(H,36,39)(H,37,40)(H,38,42)/t24-,25-,26-,27+,28-,34-/m0/s1. The maximum Gasteiger partial charge on any atom is 0.481 e. The van der Waals surface area contributed by atoms with Crippen molar-refractivity contribution in [1.82, 2.24) is 16.0 Å². The van der Waals surface area contributed by atoms with E-state index in [4.69, 9.17) is 14.0 Å². The Labute approximate surface area is 271 Å². The first kappa shape index (κ1) is 37.3. The number of carbonyl (C=O) groups excluding carboxylic acids is 4. The summed E-state index contributed by atoms with van der Waals surface area (Å²) in [5.41, 5.74) is -0.198. The van der Waals surface area contributed by atoms with Crippen LogP contribution in [0.1, 0.15) is 132 Å². The van der Waals surface area contributed by atoms with Gasteiger partial charge in [-0.25, -0.2) is 0 Å².